The fraction of sp³-hybridized carbons (Fsp3) is 0.0455. The van der Waals surface area contributed by atoms with Crippen molar-refractivity contribution in [2.24, 2.45) is 5.73 Å². The molecule has 0 saturated carbocycles. The Balaban J connectivity index is 1.60. The summed E-state index contributed by atoms with van der Waals surface area (Å²) in [6.45, 7) is 0. The maximum atomic E-state index is 14.5. The highest BCUT2D eigenvalue weighted by atomic mass is 19.1. The fourth-order valence-electron chi connectivity index (χ4n) is 3.21. The summed E-state index contributed by atoms with van der Waals surface area (Å²) in [6, 6.07) is 18.8. The minimum absolute atomic E-state index is 0.100. The van der Waals surface area contributed by atoms with E-state index in [9.17, 15) is 9.18 Å². The molecular formula is C22H18FN3O. The minimum atomic E-state index is -0.341. The number of fused-ring (bicyclic) bond motifs is 1. The topological polar surface area (TPSA) is 67.2 Å². The quantitative estimate of drug-likeness (QED) is 0.643. The van der Waals surface area contributed by atoms with Crippen LogP contribution in [0.1, 0.15) is 5.56 Å². The van der Waals surface area contributed by atoms with E-state index in [-0.39, 0.29) is 11.7 Å². The molecule has 0 fully saturated rings. The molecule has 0 spiro atoms. The van der Waals surface area contributed by atoms with Crippen molar-refractivity contribution in [1.29, 1.82) is 0 Å². The Morgan fingerprint density at radius 3 is 2.26 bits per heavy atom. The van der Waals surface area contributed by atoms with Gasteiger partial charge in [-0.15, -0.1) is 0 Å². The second kappa shape index (κ2) is 6.96. The number of carbonyl (C=O) groups is 1. The Morgan fingerprint density at radius 1 is 0.963 bits per heavy atom. The van der Waals surface area contributed by atoms with Gasteiger partial charge in [0.15, 0.2) is 0 Å². The molecule has 0 bridgehead atoms. The number of nitrogens with one attached hydrogen (secondary N) is 2. The van der Waals surface area contributed by atoms with Crippen molar-refractivity contribution < 1.29 is 9.18 Å². The monoisotopic (exact) mass is 359 g/mol. The number of anilines is 2. The number of carbonyl (C=O) groups excluding carboxylic acids is 1. The molecule has 1 aliphatic heterocycles. The number of rotatable bonds is 4. The first-order valence-corrected chi connectivity index (χ1v) is 8.60. The van der Waals surface area contributed by atoms with E-state index in [4.69, 9.17) is 5.73 Å². The number of halogens is 1. The highest BCUT2D eigenvalue weighted by molar-refractivity contribution is 5.99. The SMILES string of the molecule is N/C=C\Nc1ccc(-c2ccc(-c3cc4c(cc3F)NC(=O)C4)cc2)cc1. The molecule has 27 heavy (non-hydrogen) atoms. The normalized spacial score (nSPS) is 12.9. The molecular weight excluding hydrogens is 341 g/mol. The highest BCUT2D eigenvalue weighted by Gasteiger charge is 2.20. The van der Waals surface area contributed by atoms with Crippen LogP contribution in [0.4, 0.5) is 15.8 Å². The second-order valence-corrected chi connectivity index (χ2v) is 6.37. The maximum absolute atomic E-state index is 14.5. The van der Waals surface area contributed by atoms with Crippen LogP contribution in [0.2, 0.25) is 0 Å². The van der Waals surface area contributed by atoms with Crippen molar-refractivity contribution in [3.05, 3.63) is 84.4 Å². The first-order chi connectivity index (χ1) is 13.1. The number of benzene rings is 3. The van der Waals surface area contributed by atoms with Gasteiger partial charge >= 0.3 is 0 Å². The average Bonchev–Trinajstić information content (AvgIpc) is 3.05. The lowest BCUT2D eigenvalue weighted by Gasteiger charge is -2.09. The number of nitrogens with two attached hydrogens (primary N) is 1. The molecule has 1 amide bonds. The molecule has 1 heterocycles. The summed E-state index contributed by atoms with van der Waals surface area (Å²) in [7, 11) is 0. The molecule has 0 saturated heterocycles. The van der Waals surface area contributed by atoms with Gasteiger partial charge in [0.2, 0.25) is 5.91 Å². The van der Waals surface area contributed by atoms with Crippen LogP contribution >= 0.6 is 0 Å². The zero-order chi connectivity index (χ0) is 18.8. The average molecular weight is 359 g/mol. The summed E-state index contributed by atoms with van der Waals surface area (Å²) in [4.78, 5) is 11.5. The van der Waals surface area contributed by atoms with E-state index in [1.807, 2.05) is 48.5 Å². The van der Waals surface area contributed by atoms with Crippen molar-refractivity contribution in [2.75, 3.05) is 10.6 Å². The molecule has 1 aliphatic rings. The van der Waals surface area contributed by atoms with Crippen molar-refractivity contribution in [3.8, 4) is 22.3 Å². The molecule has 3 aromatic rings. The molecule has 0 aliphatic carbocycles. The summed E-state index contributed by atoms with van der Waals surface area (Å²) < 4.78 is 14.5. The van der Waals surface area contributed by atoms with Crippen molar-refractivity contribution >= 4 is 17.3 Å². The van der Waals surface area contributed by atoms with Gasteiger partial charge in [-0.2, -0.15) is 0 Å². The van der Waals surface area contributed by atoms with E-state index in [1.54, 1.807) is 12.3 Å². The third-order valence-electron chi connectivity index (χ3n) is 4.58. The summed E-state index contributed by atoms with van der Waals surface area (Å²) in [5.74, 6) is -0.441. The molecule has 4 rings (SSSR count). The lowest BCUT2D eigenvalue weighted by Crippen LogP contribution is -2.03. The first kappa shape index (κ1) is 16.8. The van der Waals surface area contributed by atoms with Crippen LogP contribution in [0.25, 0.3) is 22.3 Å². The molecule has 4 N–H and O–H groups in total. The van der Waals surface area contributed by atoms with Gasteiger partial charge in [0.1, 0.15) is 5.82 Å². The summed E-state index contributed by atoms with van der Waals surface area (Å²) in [5, 5.41) is 5.73. The van der Waals surface area contributed by atoms with Crippen LogP contribution in [0, 0.1) is 5.82 Å². The molecule has 0 aromatic heterocycles. The van der Waals surface area contributed by atoms with Gasteiger partial charge in [0.05, 0.1) is 6.42 Å². The summed E-state index contributed by atoms with van der Waals surface area (Å²) >= 11 is 0. The zero-order valence-corrected chi connectivity index (χ0v) is 14.5. The van der Waals surface area contributed by atoms with Crippen LogP contribution in [0.15, 0.2) is 73.1 Å². The van der Waals surface area contributed by atoms with Crippen molar-refractivity contribution in [2.45, 2.75) is 6.42 Å². The molecule has 134 valence electrons. The van der Waals surface area contributed by atoms with E-state index in [1.165, 1.54) is 12.3 Å². The van der Waals surface area contributed by atoms with E-state index in [0.717, 1.165) is 27.9 Å². The van der Waals surface area contributed by atoms with E-state index >= 15 is 0 Å². The predicted octanol–water partition coefficient (Wildman–Crippen LogP) is 4.50. The van der Waals surface area contributed by atoms with E-state index < -0.39 is 0 Å². The van der Waals surface area contributed by atoms with Gasteiger partial charge in [-0.05, 0) is 46.5 Å². The van der Waals surface area contributed by atoms with E-state index in [0.29, 0.717) is 17.7 Å². The smallest absolute Gasteiger partial charge is 0.228 e. The summed E-state index contributed by atoms with van der Waals surface area (Å²) in [6.07, 6.45) is 3.40. The largest absolute Gasteiger partial charge is 0.403 e. The zero-order valence-electron chi connectivity index (χ0n) is 14.5. The highest BCUT2D eigenvalue weighted by Crippen LogP contribution is 2.33. The lowest BCUT2D eigenvalue weighted by molar-refractivity contribution is -0.115. The number of hydrogen-bond donors (Lipinski definition) is 3. The van der Waals surface area contributed by atoms with Crippen LogP contribution < -0.4 is 16.4 Å². The van der Waals surface area contributed by atoms with Gasteiger partial charge < -0.3 is 16.4 Å². The standard InChI is InChI=1S/C22H18FN3O/c23-20-13-21-17(12-22(27)26-21)11-19(20)16-3-1-14(2-4-16)15-5-7-18(8-6-15)25-10-9-24/h1-11,13,25H,12,24H2,(H,26,27)/b10-9-. The van der Waals surface area contributed by atoms with Crippen LogP contribution in [-0.4, -0.2) is 5.91 Å². The van der Waals surface area contributed by atoms with Crippen molar-refractivity contribution in [1.82, 2.24) is 0 Å². The number of amides is 1. The maximum Gasteiger partial charge on any atom is 0.228 e. The predicted molar refractivity (Wildman–Crippen MR) is 107 cm³/mol. The third kappa shape index (κ3) is 3.40. The lowest BCUT2D eigenvalue weighted by atomic mass is 9.98. The van der Waals surface area contributed by atoms with Gasteiger partial charge in [0.25, 0.3) is 0 Å². The van der Waals surface area contributed by atoms with Crippen molar-refractivity contribution in [3.63, 3.8) is 0 Å². The minimum Gasteiger partial charge on any atom is -0.403 e. The molecule has 0 unspecified atom stereocenters. The van der Waals surface area contributed by atoms with Gasteiger partial charge in [-0.3, -0.25) is 4.79 Å². The van der Waals surface area contributed by atoms with Crippen LogP contribution in [-0.2, 0) is 11.2 Å². The van der Waals surface area contributed by atoms with E-state index in [2.05, 4.69) is 10.6 Å². The Bertz CT molecular complexity index is 1020. The summed E-state index contributed by atoms with van der Waals surface area (Å²) in [5.41, 5.74) is 11.0. The molecule has 5 heteroatoms. The van der Waals surface area contributed by atoms with Gasteiger partial charge in [-0.1, -0.05) is 36.4 Å². The molecule has 3 aromatic carbocycles. The first-order valence-electron chi connectivity index (χ1n) is 8.60. The Kier molecular flexibility index (Phi) is 4.34. The molecule has 4 nitrogen and oxygen atoms in total. The number of hydrogen-bond acceptors (Lipinski definition) is 3. The Labute approximate surface area is 156 Å². The molecule has 0 atom stereocenters. The Hall–Kier alpha value is -3.60. The van der Waals surface area contributed by atoms with Gasteiger partial charge in [0, 0.05) is 29.3 Å². The second-order valence-electron chi connectivity index (χ2n) is 6.37. The van der Waals surface area contributed by atoms with Gasteiger partial charge in [-0.25, -0.2) is 4.39 Å². The third-order valence-corrected chi connectivity index (χ3v) is 4.58. The Morgan fingerprint density at radius 2 is 1.59 bits per heavy atom. The fourth-order valence-corrected chi connectivity index (χ4v) is 3.21. The van der Waals surface area contributed by atoms with Crippen LogP contribution in [0.5, 0.6) is 0 Å². The molecule has 0 radical (unpaired) electrons. The van der Waals surface area contributed by atoms with Crippen LogP contribution in [0.3, 0.4) is 0 Å².